The van der Waals surface area contributed by atoms with Gasteiger partial charge >= 0.3 is 5.97 Å². The molecule has 0 radical (unpaired) electrons. The number of hydrogen-bond donors (Lipinski definition) is 2. The van der Waals surface area contributed by atoms with Crippen LogP contribution in [0.1, 0.15) is 15.9 Å². The van der Waals surface area contributed by atoms with Crippen molar-refractivity contribution >= 4 is 5.97 Å². The second kappa shape index (κ2) is 7.61. The lowest BCUT2D eigenvalue weighted by atomic mass is 10.0. The van der Waals surface area contributed by atoms with Crippen molar-refractivity contribution in [3.8, 4) is 28.4 Å². The number of ether oxygens (including phenoxy) is 2. The number of carbonyl (C=O) groups is 1. The van der Waals surface area contributed by atoms with Gasteiger partial charge < -0.3 is 19.7 Å². The fraction of sp³-hybridized carbons (Fsp3) is 0.0952. The molecule has 132 valence electrons. The Morgan fingerprint density at radius 1 is 0.923 bits per heavy atom. The standard InChI is InChI=1S/C21H18O5/c1-25-17-4-2-3-16(11-17)15-7-5-14(6-8-15)13-26-18-9-10-19(21(23)24)20(22)12-18/h2-12,22H,13H2,1H3,(H,23,24). The zero-order valence-corrected chi connectivity index (χ0v) is 14.2. The minimum atomic E-state index is -1.18. The number of aromatic carboxylic acids is 1. The number of phenols is 1. The third kappa shape index (κ3) is 3.95. The maximum absolute atomic E-state index is 10.9. The van der Waals surface area contributed by atoms with E-state index in [1.54, 1.807) is 7.11 Å². The molecule has 0 atom stereocenters. The van der Waals surface area contributed by atoms with Crippen molar-refractivity contribution in [1.82, 2.24) is 0 Å². The normalized spacial score (nSPS) is 10.3. The Hall–Kier alpha value is -3.47. The van der Waals surface area contributed by atoms with Gasteiger partial charge in [0, 0.05) is 6.07 Å². The average Bonchev–Trinajstić information content (AvgIpc) is 2.66. The summed E-state index contributed by atoms with van der Waals surface area (Å²) in [6.07, 6.45) is 0. The van der Waals surface area contributed by atoms with Crippen LogP contribution < -0.4 is 9.47 Å². The third-order valence-corrected chi connectivity index (χ3v) is 3.96. The maximum Gasteiger partial charge on any atom is 0.339 e. The van der Waals surface area contributed by atoms with E-state index < -0.39 is 5.97 Å². The van der Waals surface area contributed by atoms with E-state index in [0.717, 1.165) is 22.4 Å². The predicted molar refractivity (Wildman–Crippen MR) is 97.8 cm³/mol. The molecule has 0 aliphatic carbocycles. The molecule has 0 unspecified atom stereocenters. The summed E-state index contributed by atoms with van der Waals surface area (Å²) < 4.78 is 10.9. The Labute approximate surface area is 151 Å². The van der Waals surface area contributed by atoms with Crippen LogP contribution in [0.25, 0.3) is 11.1 Å². The van der Waals surface area contributed by atoms with Crippen molar-refractivity contribution in [1.29, 1.82) is 0 Å². The van der Waals surface area contributed by atoms with Crippen LogP contribution in [0.4, 0.5) is 0 Å². The summed E-state index contributed by atoms with van der Waals surface area (Å²) in [7, 11) is 1.64. The molecule has 0 heterocycles. The molecule has 0 spiro atoms. The molecule has 0 aliphatic rings. The lowest BCUT2D eigenvalue weighted by Gasteiger charge is -2.09. The highest BCUT2D eigenvalue weighted by Gasteiger charge is 2.10. The first-order chi connectivity index (χ1) is 12.6. The van der Waals surface area contributed by atoms with Gasteiger partial charge in [-0.1, -0.05) is 36.4 Å². The Balaban J connectivity index is 1.68. The van der Waals surface area contributed by atoms with Gasteiger partial charge in [-0.05, 0) is 41.0 Å². The molecule has 2 N–H and O–H groups in total. The molecule has 3 aromatic rings. The highest BCUT2D eigenvalue weighted by atomic mass is 16.5. The SMILES string of the molecule is COc1cccc(-c2ccc(COc3ccc(C(=O)O)c(O)c3)cc2)c1. The van der Waals surface area contributed by atoms with Crippen LogP contribution in [-0.2, 0) is 6.61 Å². The van der Waals surface area contributed by atoms with Crippen LogP contribution in [0.3, 0.4) is 0 Å². The Bertz CT molecular complexity index is 916. The summed E-state index contributed by atoms with van der Waals surface area (Å²) in [6.45, 7) is 0.310. The lowest BCUT2D eigenvalue weighted by molar-refractivity contribution is 0.0693. The summed E-state index contributed by atoms with van der Waals surface area (Å²) in [5.74, 6) is -0.283. The molecule has 0 aliphatic heterocycles. The Kier molecular flexibility index (Phi) is 5.08. The molecular formula is C21H18O5. The molecule has 0 bridgehead atoms. The van der Waals surface area contributed by atoms with Crippen molar-refractivity contribution < 1.29 is 24.5 Å². The van der Waals surface area contributed by atoms with Gasteiger partial charge in [0.05, 0.1) is 7.11 Å². The van der Waals surface area contributed by atoms with E-state index >= 15 is 0 Å². The molecule has 3 rings (SSSR count). The quantitative estimate of drug-likeness (QED) is 0.691. The van der Waals surface area contributed by atoms with E-state index in [0.29, 0.717) is 12.4 Å². The topological polar surface area (TPSA) is 76.0 Å². The fourth-order valence-electron chi connectivity index (χ4n) is 2.54. The van der Waals surface area contributed by atoms with E-state index in [4.69, 9.17) is 14.6 Å². The first kappa shape index (κ1) is 17.4. The molecule has 0 fully saturated rings. The maximum atomic E-state index is 10.9. The molecule has 0 amide bonds. The molecule has 26 heavy (non-hydrogen) atoms. The Morgan fingerprint density at radius 3 is 2.35 bits per heavy atom. The van der Waals surface area contributed by atoms with Crippen LogP contribution in [0.5, 0.6) is 17.2 Å². The Morgan fingerprint density at radius 2 is 1.69 bits per heavy atom. The largest absolute Gasteiger partial charge is 0.507 e. The number of carboxylic acids is 1. The van der Waals surface area contributed by atoms with Gasteiger partial charge in [-0.25, -0.2) is 4.79 Å². The molecule has 5 heteroatoms. The van der Waals surface area contributed by atoms with E-state index in [1.165, 1.54) is 18.2 Å². The van der Waals surface area contributed by atoms with Crippen LogP contribution in [-0.4, -0.2) is 23.3 Å². The molecule has 5 nitrogen and oxygen atoms in total. The fourth-order valence-corrected chi connectivity index (χ4v) is 2.54. The van der Waals surface area contributed by atoms with Crippen molar-refractivity contribution in [2.75, 3.05) is 7.11 Å². The summed E-state index contributed by atoms with van der Waals surface area (Å²) in [5.41, 5.74) is 2.93. The van der Waals surface area contributed by atoms with Crippen molar-refractivity contribution in [2.45, 2.75) is 6.61 Å². The van der Waals surface area contributed by atoms with Gasteiger partial charge in [0.1, 0.15) is 29.4 Å². The number of aromatic hydroxyl groups is 1. The first-order valence-electron chi connectivity index (χ1n) is 7.99. The average molecular weight is 350 g/mol. The second-order valence-corrected chi connectivity index (χ2v) is 5.70. The van der Waals surface area contributed by atoms with Crippen molar-refractivity contribution in [2.24, 2.45) is 0 Å². The van der Waals surface area contributed by atoms with E-state index in [-0.39, 0.29) is 11.3 Å². The van der Waals surface area contributed by atoms with Crippen LogP contribution in [0.2, 0.25) is 0 Å². The predicted octanol–water partition coefficient (Wildman–Crippen LogP) is 4.35. The minimum Gasteiger partial charge on any atom is -0.507 e. The van der Waals surface area contributed by atoms with Gasteiger partial charge in [-0.15, -0.1) is 0 Å². The molecule has 0 aromatic heterocycles. The van der Waals surface area contributed by atoms with Crippen LogP contribution >= 0.6 is 0 Å². The molecular weight excluding hydrogens is 332 g/mol. The van der Waals surface area contributed by atoms with E-state index in [1.807, 2.05) is 48.5 Å². The lowest BCUT2D eigenvalue weighted by Crippen LogP contribution is -1.99. The van der Waals surface area contributed by atoms with Gasteiger partial charge in [-0.3, -0.25) is 0 Å². The van der Waals surface area contributed by atoms with Gasteiger partial charge in [-0.2, -0.15) is 0 Å². The van der Waals surface area contributed by atoms with E-state index in [9.17, 15) is 9.90 Å². The number of carboxylic acid groups (broad SMARTS) is 1. The van der Waals surface area contributed by atoms with Crippen molar-refractivity contribution in [3.05, 3.63) is 77.9 Å². The van der Waals surface area contributed by atoms with Crippen LogP contribution in [0.15, 0.2) is 66.7 Å². The zero-order valence-electron chi connectivity index (χ0n) is 14.2. The highest BCUT2D eigenvalue weighted by Crippen LogP contribution is 2.26. The number of methoxy groups -OCH3 is 1. The van der Waals surface area contributed by atoms with Gasteiger partial charge in [0.25, 0.3) is 0 Å². The van der Waals surface area contributed by atoms with Gasteiger partial charge in [0.2, 0.25) is 0 Å². The minimum absolute atomic E-state index is 0.153. The summed E-state index contributed by atoms with van der Waals surface area (Å²) >= 11 is 0. The van der Waals surface area contributed by atoms with E-state index in [2.05, 4.69) is 0 Å². The molecule has 0 saturated carbocycles. The smallest absolute Gasteiger partial charge is 0.339 e. The van der Waals surface area contributed by atoms with Crippen LogP contribution in [0, 0.1) is 0 Å². The van der Waals surface area contributed by atoms with Gasteiger partial charge in [0.15, 0.2) is 0 Å². The highest BCUT2D eigenvalue weighted by molar-refractivity contribution is 5.90. The molecule has 3 aromatic carbocycles. The van der Waals surface area contributed by atoms with Crippen molar-refractivity contribution in [3.63, 3.8) is 0 Å². The second-order valence-electron chi connectivity index (χ2n) is 5.70. The first-order valence-corrected chi connectivity index (χ1v) is 7.99. The summed E-state index contributed by atoms with van der Waals surface area (Å²) in [6, 6.07) is 19.9. The monoisotopic (exact) mass is 350 g/mol. The summed E-state index contributed by atoms with van der Waals surface area (Å²) in [5, 5.41) is 18.6. The number of hydrogen-bond acceptors (Lipinski definition) is 4. The molecule has 0 saturated heterocycles. The number of benzene rings is 3. The third-order valence-electron chi connectivity index (χ3n) is 3.96. The number of rotatable bonds is 6. The zero-order chi connectivity index (χ0) is 18.5. The summed E-state index contributed by atoms with van der Waals surface area (Å²) in [4.78, 5) is 10.9.